The van der Waals surface area contributed by atoms with Gasteiger partial charge in [-0.1, -0.05) is 11.8 Å². The Kier molecular flexibility index (Phi) is 6.20. The molecule has 0 saturated carbocycles. The summed E-state index contributed by atoms with van der Waals surface area (Å²) in [6.45, 7) is 6.35. The summed E-state index contributed by atoms with van der Waals surface area (Å²) in [7, 11) is 1.32. The van der Waals surface area contributed by atoms with E-state index in [1.807, 2.05) is 31.4 Å². The van der Waals surface area contributed by atoms with Gasteiger partial charge in [0, 0.05) is 11.4 Å². The standard InChI is InChI=1S/C18H20N4O4S2/c1-5-22-15(12-7-6-8-26-12)20-21-18(22)27-9-13(23)19-16-14(17(24)25-4)10(2)11(3)28-16/h6-8H,5,9H2,1-4H3,(H,19,23). The molecule has 0 unspecified atom stereocenters. The van der Waals surface area contributed by atoms with Gasteiger partial charge in [-0.15, -0.1) is 21.5 Å². The molecule has 10 heteroatoms. The summed E-state index contributed by atoms with van der Waals surface area (Å²) in [6.07, 6.45) is 1.58. The van der Waals surface area contributed by atoms with E-state index in [0.717, 1.165) is 10.4 Å². The number of furan rings is 1. The Balaban J connectivity index is 1.71. The second kappa shape index (κ2) is 8.61. The van der Waals surface area contributed by atoms with Crippen molar-refractivity contribution in [2.75, 3.05) is 18.2 Å². The number of ether oxygens (including phenoxy) is 1. The van der Waals surface area contributed by atoms with Crippen LogP contribution in [0.3, 0.4) is 0 Å². The molecule has 0 atom stereocenters. The van der Waals surface area contributed by atoms with E-state index >= 15 is 0 Å². The maximum atomic E-state index is 12.5. The van der Waals surface area contributed by atoms with Crippen molar-refractivity contribution in [3.8, 4) is 11.6 Å². The number of carbonyl (C=O) groups excluding carboxylic acids is 2. The maximum absolute atomic E-state index is 12.5. The monoisotopic (exact) mass is 420 g/mol. The molecule has 0 aliphatic rings. The topological polar surface area (TPSA) is 99.2 Å². The molecule has 3 heterocycles. The highest BCUT2D eigenvalue weighted by Crippen LogP contribution is 2.33. The highest BCUT2D eigenvalue weighted by Gasteiger charge is 2.22. The minimum absolute atomic E-state index is 0.132. The summed E-state index contributed by atoms with van der Waals surface area (Å²) in [5.74, 6) is 0.679. The summed E-state index contributed by atoms with van der Waals surface area (Å²) in [6, 6.07) is 3.60. The first-order chi connectivity index (χ1) is 13.5. The zero-order valence-electron chi connectivity index (χ0n) is 15.9. The number of aromatic nitrogens is 3. The summed E-state index contributed by atoms with van der Waals surface area (Å²) in [5.41, 5.74) is 1.22. The molecule has 0 saturated heterocycles. The van der Waals surface area contributed by atoms with Gasteiger partial charge in [-0.05, 0) is 38.5 Å². The Bertz CT molecular complexity index is 992. The van der Waals surface area contributed by atoms with Crippen molar-refractivity contribution in [2.45, 2.75) is 32.5 Å². The normalized spacial score (nSPS) is 10.9. The third-order valence-electron chi connectivity index (χ3n) is 4.13. The molecule has 3 aromatic rings. The Morgan fingerprint density at radius 1 is 1.36 bits per heavy atom. The van der Waals surface area contributed by atoms with Crippen LogP contribution in [0.4, 0.5) is 5.00 Å². The number of rotatable bonds is 7. The van der Waals surface area contributed by atoms with Crippen molar-refractivity contribution in [3.63, 3.8) is 0 Å². The van der Waals surface area contributed by atoms with E-state index in [1.165, 1.54) is 30.2 Å². The number of esters is 1. The molecular formula is C18H20N4O4S2. The number of anilines is 1. The van der Waals surface area contributed by atoms with E-state index in [1.54, 1.807) is 12.3 Å². The number of carbonyl (C=O) groups is 2. The van der Waals surface area contributed by atoms with Crippen LogP contribution in [0.5, 0.6) is 0 Å². The van der Waals surface area contributed by atoms with Gasteiger partial charge >= 0.3 is 5.97 Å². The van der Waals surface area contributed by atoms with Crippen molar-refractivity contribution in [1.29, 1.82) is 0 Å². The van der Waals surface area contributed by atoms with Crippen LogP contribution in [-0.4, -0.2) is 39.5 Å². The van der Waals surface area contributed by atoms with E-state index in [2.05, 4.69) is 15.5 Å². The van der Waals surface area contributed by atoms with Crippen LogP contribution < -0.4 is 5.32 Å². The first-order valence-electron chi connectivity index (χ1n) is 8.54. The Labute approximate surface area is 170 Å². The highest BCUT2D eigenvalue weighted by atomic mass is 32.2. The Morgan fingerprint density at radius 3 is 2.79 bits per heavy atom. The predicted octanol–water partition coefficient (Wildman–Crippen LogP) is 3.75. The molecule has 0 spiro atoms. The second-order valence-electron chi connectivity index (χ2n) is 5.84. The quantitative estimate of drug-likeness (QED) is 0.459. The zero-order chi connectivity index (χ0) is 20.3. The third-order valence-corrected chi connectivity index (χ3v) is 6.22. The van der Waals surface area contributed by atoms with Crippen LogP contribution in [0, 0.1) is 13.8 Å². The molecule has 1 amide bonds. The fourth-order valence-corrected chi connectivity index (χ4v) is 4.49. The van der Waals surface area contributed by atoms with E-state index in [4.69, 9.17) is 9.15 Å². The van der Waals surface area contributed by atoms with E-state index in [-0.39, 0.29) is 11.7 Å². The molecular weight excluding hydrogens is 400 g/mol. The number of nitrogens with zero attached hydrogens (tertiary/aromatic N) is 3. The van der Waals surface area contributed by atoms with Crippen molar-refractivity contribution in [2.24, 2.45) is 0 Å². The molecule has 0 aromatic carbocycles. The van der Waals surface area contributed by atoms with E-state index < -0.39 is 5.97 Å². The average Bonchev–Trinajstić information content (AvgIpc) is 3.39. The molecule has 3 aromatic heterocycles. The zero-order valence-corrected chi connectivity index (χ0v) is 17.6. The molecule has 3 rings (SSSR count). The number of hydrogen-bond acceptors (Lipinski definition) is 8. The summed E-state index contributed by atoms with van der Waals surface area (Å²) in [4.78, 5) is 25.4. The molecule has 0 fully saturated rings. The van der Waals surface area contributed by atoms with Gasteiger partial charge in [0.25, 0.3) is 0 Å². The second-order valence-corrected chi connectivity index (χ2v) is 8.01. The number of nitrogens with one attached hydrogen (secondary N) is 1. The maximum Gasteiger partial charge on any atom is 0.341 e. The van der Waals surface area contributed by atoms with E-state index in [9.17, 15) is 9.59 Å². The van der Waals surface area contributed by atoms with Crippen molar-refractivity contribution < 1.29 is 18.7 Å². The summed E-state index contributed by atoms with van der Waals surface area (Å²) in [5, 5.41) is 12.3. The first kappa shape index (κ1) is 20.2. The average molecular weight is 421 g/mol. The van der Waals surface area contributed by atoms with Crippen molar-refractivity contribution >= 4 is 40.0 Å². The molecule has 0 aliphatic heterocycles. The highest BCUT2D eigenvalue weighted by molar-refractivity contribution is 7.99. The summed E-state index contributed by atoms with van der Waals surface area (Å²) < 4.78 is 12.1. The Morgan fingerprint density at radius 2 is 2.14 bits per heavy atom. The van der Waals surface area contributed by atoms with Gasteiger partial charge < -0.3 is 14.5 Å². The number of thioether (sulfide) groups is 1. The van der Waals surface area contributed by atoms with Crippen LogP contribution >= 0.6 is 23.1 Å². The fraction of sp³-hybridized carbons (Fsp3) is 0.333. The predicted molar refractivity (Wildman–Crippen MR) is 108 cm³/mol. The molecule has 0 aliphatic carbocycles. The van der Waals surface area contributed by atoms with Gasteiger partial charge in [-0.3, -0.25) is 9.36 Å². The van der Waals surface area contributed by atoms with Crippen LogP contribution in [0.25, 0.3) is 11.6 Å². The van der Waals surface area contributed by atoms with Gasteiger partial charge in [0.15, 0.2) is 16.7 Å². The van der Waals surface area contributed by atoms with Crippen LogP contribution in [-0.2, 0) is 16.1 Å². The first-order valence-corrected chi connectivity index (χ1v) is 10.3. The van der Waals surface area contributed by atoms with Crippen molar-refractivity contribution in [1.82, 2.24) is 14.8 Å². The molecule has 0 radical (unpaired) electrons. The number of methoxy groups -OCH3 is 1. The van der Waals surface area contributed by atoms with Gasteiger partial charge in [0.05, 0.1) is 24.7 Å². The van der Waals surface area contributed by atoms with E-state index in [0.29, 0.717) is 33.9 Å². The van der Waals surface area contributed by atoms with Crippen LogP contribution in [0.2, 0.25) is 0 Å². The lowest BCUT2D eigenvalue weighted by atomic mass is 10.1. The number of amides is 1. The van der Waals surface area contributed by atoms with Gasteiger partial charge in [-0.2, -0.15) is 0 Å². The lowest BCUT2D eigenvalue weighted by molar-refractivity contribution is -0.113. The molecule has 0 bridgehead atoms. The molecule has 28 heavy (non-hydrogen) atoms. The largest absolute Gasteiger partial charge is 0.465 e. The lowest BCUT2D eigenvalue weighted by Gasteiger charge is -2.07. The number of aryl methyl sites for hydroxylation is 1. The SMILES string of the molecule is CCn1c(SCC(=O)Nc2sc(C)c(C)c2C(=O)OC)nnc1-c1ccco1. The Hall–Kier alpha value is -2.59. The molecule has 8 nitrogen and oxygen atoms in total. The molecule has 1 N–H and O–H groups in total. The van der Waals surface area contributed by atoms with Gasteiger partial charge in [0.1, 0.15) is 5.00 Å². The number of hydrogen-bond donors (Lipinski definition) is 1. The minimum atomic E-state index is -0.460. The third kappa shape index (κ3) is 3.97. The van der Waals surface area contributed by atoms with Gasteiger partial charge in [-0.25, -0.2) is 4.79 Å². The molecule has 148 valence electrons. The van der Waals surface area contributed by atoms with Crippen LogP contribution in [0.1, 0.15) is 27.7 Å². The van der Waals surface area contributed by atoms with Gasteiger partial charge in [0.2, 0.25) is 5.91 Å². The van der Waals surface area contributed by atoms with Crippen molar-refractivity contribution in [3.05, 3.63) is 34.4 Å². The minimum Gasteiger partial charge on any atom is -0.465 e. The lowest BCUT2D eigenvalue weighted by Crippen LogP contribution is -2.16. The van der Waals surface area contributed by atoms with Crippen LogP contribution in [0.15, 0.2) is 28.0 Å². The fourth-order valence-electron chi connectivity index (χ4n) is 2.62. The number of thiophene rings is 1. The summed E-state index contributed by atoms with van der Waals surface area (Å²) >= 11 is 2.63. The smallest absolute Gasteiger partial charge is 0.341 e.